The van der Waals surface area contributed by atoms with Gasteiger partial charge in [0.1, 0.15) is 0 Å². The number of hydrogen-bond donors (Lipinski definition) is 1. The fraction of sp³-hybridized carbons (Fsp3) is 0.429. The molecule has 1 N–H and O–H groups in total. The van der Waals surface area contributed by atoms with E-state index in [0.29, 0.717) is 10.2 Å². The molecule has 1 heterocycles. The Morgan fingerprint density at radius 1 is 1.58 bits per heavy atom. The quantitative estimate of drug-likeness (QED) is 0.600. The number of aromatic nitrogens is 2. The second-order valence-corrected chi connectivity index (χ2v) is 4.14. The second kappa shape index (κ2) is 4.64. The largest absolute Gasteiger partial charge is 0.395 e. The highest BCUT2D eigenvalue weighted by atomic mass is 35.5. The van der Waals surface area contributed by atoms with Crippen LogP contribution in [-0.2, 0) is 0 Å². The minimum Gasteiger partial charge on any atom is -0.395 e. The van der Waals surface area contributed by atoms with Gasteiger partial charge in [0, 0.05) is 5.25 Å². The summed E-state index contributed by atoms with van der Waals surface area (Å²) in [6.07, 6.45) is 3.09. The van der Waals surface area contributed by atoms with E-state index in [1.165, 1.54) is 11.8 Å². The van der Waals surface area contributed by atoms with Crippen molar-refractivity contribution in [3.63, 3.8) is 0 Å². The molecule has 0 spiro atoms. The van der Waals surface area contributed by atoms with Crippen LogP contribution in [0.5, 0.6) is 0 Å². The Balaban J connectivity index is 2.58. The highest BCUT2D eigenvalue weighted by Gasteiger charge is 2.04. The van der Waals surface area contributed by atoms with Crippen LogP contribution in [-0.4, -0.2) is 26.9 Å². The van der Waals surface area contributed by atoms with Gasteiger partial charge in [-0.15, -0.1) is 0 Å². The van der Waals surface area contributed by atoms with E-state index in [-0.39, 0.29) is 11.9 Å². The zero-order chi connectivity index (χ0) is 8.97. The lowest BCUT2D eigenvalue weighted by atomic mass is 10.5. The number of nitrogens with zero attached hydrogens (tertiary/aromatic N) is 2. The summed E-state index contributed by atoms with van der Waals surface area (Å²) in [5.41, 5.74) is 0. The zero-order valence-corrected chi connectivity index (χ0v) is 8.14. The van der Waals surface area contributed by atoms with Gasteiger partial charge in [0.2, 0.25) is 0 Å². The van der Waals surface area contributed by atoms with Crippen LogP contribution in [0.4, 0.5) is 0 Å². The molecule has 1 aromatic heterocycles. The van der Waals surface area contributed by atoms with Crippen molar-refractivity contribution >= 4 is 23.4 Å². The van der Waals surface area contributed by atoms with Crippen molar-refractivity contribution in [1.82, 2.24) is 9.97 Å². The molecular formula is C7H9ClN2OS. The number of aliphatic hydroxyl groups is 1. The minimum absolute atomic E-state index is 0.117. The third kappa shape index (κ3) is 2.97. The van der Waals surface area contributed by atoms with Crippen LogP contribution in [0.25, 0.3) is 0 Å². The summed E-state index contributed by atoms with van der Waals surface area (Å²) in [7, 11) is 0. The summed E-state index contributed by atoms with van der Waals surface area (Å²) >= 11 is 7.02. The van der Waals surface area contributed by atoms with Crippen LogP contribution < -0.4 is 0 Å². The number of thioether (sulfide) groups is 1. The predicted molar refractivity (Wildman–Crippen MR) is 49.4 cm³/mol. The normalized spacial score (nSPS) is 12.9. The topological polar surface area (TPSA) is 46.0 Å². The Morgan fingerprint density at radius 3 is 2.67 bits per heavy atom. The van der Waals surface area contributed by atoms with Gasteiger partial charge in [-0.2, -0.15) is 0 Å². The Hall–Kier alpha value is -0.320. The van der Waals surface area contributed by atoms with Crippen LogP contribution in [0.2, 0.25) is 5.02 Å². The van der Waals surface area contributed by atoms with Crippen molar-refractivity contribution in [2.45, 2.75) is 17.3 Å². The van der Waals surface area contributed by atoms with E-state index in [9.17, 15) is 0 Å². The standard InChI is InChI=1S/C7H9ClN2OS/c1-5(4-11)12-7-9-2-6(8)3-10-7/h2-3,5,11H,4H2,1H3. The zero-order valence-electron chi connectivity index (χ0n) is 6.57. The SMILES string of the molecule is CC(CO)Sc1ncc(Cl)cn1. The van der Waals surface area contributed by atoms with E-state index in [1.807, 2.05) is 6.92 Å². The van der Waals surface area contributed by atoms with Gasteiger partial charge in [0.25, 0.3) is 0 Å². The first-order valence-electron chi connectivity index (χ1n) is 3.47. The number of hydrogen-bond acceptors (Lipinski definition) is 4. The Morgan fingerprint density at radius 2 is 2.17 bits per heavy atom. The second-order valence-electron chi connectivity index (χ2n) is 2.29. The van der Waals surface area contributed by atoms with Gasteiger partial charge in [-0.25, -0.2) is 9.97 Å². The van der Waals surface area contributed by atoms with E-state index < -0.39 is 0 Å². The van der Waals surface area contributed by atoms with Gasteiger partial charge in [0.15, 0.2) is 5.16 Å². The molecule has 0 aliphatic rings. The summed E-state index contributed by atoms with van der Waals surface area (Å²) in [4.78, 5) is 7.95. The van der Waals surface area contributed by atoms with Crippen LogP contribution in [0.15, 0.2) is 17.6 Å². The Labute approximate surface area is 80.2 Å². The van der Waals surface area contributed by atoms with Crippen LogP contribution in [0.1, 0.15) is 6.92 Å². The first-order chi connectivity index (χ1) is 5.72. The summed E-state index contributed by atoms with van der Waals surface area (Å²) in [5, 5.41) is 10.0. The highest BCUT2D eigenvalue weighted by Crippen LogP contribution is 2.18. The molecule has 1 aromatic rings. The summed E-state index contributed by atoms with van der Waals surface area (Å²) in [6.45, 7) is 2.03. The monoisotopic (exact) mass is 204 g/mol. The van der Waals surface area contributed by atoms with Crippen molar-refractivity contribution in [3.8, 4) is 0 Å². The van der Waals surface area contributed by atoms with E-state index in [1.54, 1.807) is 12.4 Å². The van der Waals surface area contributed by atoms with Crippen LogP contribution >= 0.6 is 23.4 Å². The van der Waals surface area contributed by atoms with Gasteiger partial charge >= 0.3 is 0 Å². The van der Waals surface area contributed by atoms with Crippen molar-refractivity contribution < 1.29 is 5.11 Å². The summed E-state index contributed by atoms with van der Waals surface area (Å²) < 4.78 is 0. The molecule has 0 aliphatic carbocycles. The molecular weight excluding hydrogens is 196 g/mol. The number of rotatable bonds is 3. The number of halogens is 1. The average molecular weight is 205 g/mol. The summed E-state index contributed by atoms with van der Waals surface area (Å²) in [5.74, 6) is 0. The average Bonchev–Trinajstić information content (AvgIpc) is 2.09. The fourth-order valence-corrected chi connectivity index (χ4v) is 1.34. The van der Waals surface area contributed by atoms with Gasteiger partial charge in [-0.1, -0.05) is 30.3 Å². The molecule has 0 amide bonds. The molecule has 0 aliphatic heterocycles. The van der Waals surface area contributed by atoms with Gasteiger partial charge in [-0.05, 0) is 0 Å². The molecule has 0 bridgehead atoms. The fourth-order valence-electron chi connectivity index (χ4n) is 0.579. The molecule has 0 radical (unpaired) electrons. The van der Waals surface area contributed by atoms with E-state index in [0.717, 1.165) is 0 Å². The Kier molecular flexibility index (Phi) is 3.78. The maximum absolute atomic E-state index is 8.75. The van der Waals surface area contributed by atoms with E-state index in [2.05, 4.69) is 9.97 Å². The number of aliphatic hydroxyl groups excluding tert-OH is 1. The third-order valence-corrected chi connectivity index (χ3v) is 2.33. The van der Waals surface area contributed by atoms with Gasteiger partial charge in [0.05, 0.1) is 24.0 Å². The molecule has 1 atom stereocenters. The van der Waals surface area contributed by atoms with Crippen molar-refractivity contribution in [1.29, 1.82) is 0 Å². The molecule has 12 heavy (non-hydrogen) atoms. The molecule has 0 saturated heterocycles. The lowest BCUT2D eigenvalue weighted by Gasteiger charge is -2.04. The molecule has 0 fully saturated rings. The lowest BCUT2D eigenvalue weighted by molar-refractivity contribution is 0.300. The maximum atomic E-state index is 8.75. The smallest absolute Gasteiger partial charge is 0.187 e. The van der Waals surface area contributed by atoms with Gasteiger partial charge in [-0.3, -0.25) is 0 Å². The molecule has 0 saturated carbocycles. The van der Waals surface area contributed by atoms with Crippen LogP contribution in [0.3, 0.4) is 0 Å². The van der Waals surface area contributed by atoms with E-state index in [4.69, 9.17) is 16.7 Å². The minimum atomic E-state index is 0.117. The molecule has 1 unspecified atom stereocenters. The Bertz CT molecular complexity index is 242. The molecule has 66 valence electrons. The van der Waals surface area contributed by atoms with Gasteiger partial charge < -0.3 is 5.11 Å². The maximum Gasteiger partial charge on any atom is 0.187 e. The van der Waals surface area contributed by atoms with Crippen molar-refractivity contribution in [3.05, 3.63) is 17.4 Å². The van der Waals surface area contributed by atoms with E-state index >= 15 is 0 Å². The first-order valence-corrected chi connectivity index (χ1v) is 4.73. The van der Waals surface area contributed by atoms with Crippen LogP contribution in [0, 0.1) is 0 Å². The summed E-state index contributed by atoms with van der Waals surface area (Å²) in [6, 6.07) is 0. The predicted octanol–water partition coefficient (Wildman–Crippen LogP) is 1.60. The first kappa shape index (κ1) is 9.77. The third-order valence-electron chi connectivity index (χ3n) is 1.16. The highest BCUT2D eigenvalue weighted by molar-refractivity contribution is 7.99. The van der Waals surface area contributed by atoms with Crippen molar-refractivity contribution in [2.24, 2.45) is 0 Å². The molecule has 5 heteroatoms. The molecule has 1 rings (SSSR count). The molecule has 3 nitrogen and oxygen atoms in total. The lowest BCUT2D eigenvalue weighted by Crippen LogP contribution is -2.02. The van der Waals surface area contributed by atoms with Crippen molar-refractivity contribution in [2.75, 3.05) is 6.61 Å². The molecule has 0 aromatic carbocycles.